The van der Waals surface area contributed by atoms with Gasteiger partial charge in [0.05, 0.1) is 0 Å². The summed E-state index contributed by atoms with van der Waals surface area (Å²) in [5.74, 6) is 0. The third-order valence-corrected chi connectivity index (χ3v) is 3.08. The summed E-state index contributed by atoms with van der Waals surface area (Å²) < 4.78 is 0.700. The van der Waals surface area contributed by atoms with Gasteiger partial charge >= 0.3 is 0 Å². The van der Waals surface area contributed by atoms with Crippen LogP contribution < -0.4 is 22.9 Å². The Hall–Kier alpha value is 0.170. The van der Waals surface area contributed by atoms with Gasteiger partial charge < -0.3 is 22.9 Å². The highest BCUT2D eigenvalue weighted by Crippen LogP contribution is 2.20. The zero-order valence-electron chi connectivity index (χ0n) is 5.85. The lowest BCUT2D eigenvalue weighted by Gasteiger charge is -1.91. The van der Waals surface area contributed by atoms with E-state index in [1.54, 1.807) is 0 Å². The summed E-state index contributed by atoms with van der Waals surface area (Å²) in [6.07, 6.45) is 0. The van der Waals surface area contributed by atoms with Crippen LogP contribution in [0.15, 0.2) is 0 Å². The highest BCUT2D eigenvalue weighted by molar-refractivity contribution is 8.89. The minimum atomic E-state index is 0.000000000000000222. The maximum Gasteiger partial charge on any atom is 0.160 e. The second-order valence-corrected chi connectivity index (χ2v) is 5.29. The van der Waals surface area contributed by atoms with Gasteiger partial charge in [-0.05, 0) is 33.8 Å². The van der Waals surface area contributed by atoms with Gasteiger partial charge in [0.2, 0.25) is 0 Å². The van der Waals surface area contributed by atoms with Gasteiger partial charge in [-0.15, -0.1) is 0 Å². The van der Waals surface area contributed by atoms with E-state index in [1.807, 2.05) is 0 Å². The molecule has 0 saturated heterocycles. The van der Waals surface area contributed by atoms with E-state index < -0.39 is 0 Å². The SMILES string of the molecule is NC(=S)SSC(N)=S.NC(N)=S. The summed E-state index contributed by atoms with van der Waals surface area (Å²) in [5, 5.41) is 0.000000000000000222. The van der Waals surface area contributed by atoms with Crippen LogP contribution in [0.4, 0.5) is 0 Å². The van der Waals surface area contributed by atoms with Crippen LogP contribution in [-0.4, -0.2) is 13.8 Å². The Kier molecular flexibility index (Phi) is 11.3. The average molecular weight is 260 g/mol. The molecule has 0 aromatic rings. The monoisotopic (exact) mass is 260 g/mol. The molecule has 8 N–H and O–H groups in total. The predicted molar refractivity (Wildman–Crippen MR) is 69.7 cm³/mol. The Morgan fingerprint density at radius 1 is 0.750 bits per heavy atom. The number of thiocarbonyl (C=S) groups is 3. The molecule has 0 aliphatic heterocycles. The van der Waals surface area contributed by atoms with Gasteiger partial charge in [-0.3, -0.25) is 0 Å². The van der Waals surface area contributed by atoms with Crippen molar-refractivity contribution in [2.45, 2.75) is 0 Å². The molecule has 4 nitrogen and oxygen atoms in total. The fourth-order valence-corrected chi connectivity index (χ4v) is 1.35. The topological polar surface area (TPSA) is 104 Å². The van der Waals surface area contributed by atoms with Gasteiger partial charge in [0.25, 0.3) is 0 Å². The van der Waals surface area contributed by atoms with Crippen molar-refractivity contribution in [1.29, 1.82) is 0 Å². The number of hydrogen-bond acceptors (Lipinski definition) is 5. The largest absolute Gasteiger partial charge is 0.384 e. The van der Waals surface area contributed by atoms with Crippen LogP contribution in [0.5, 0.6) is 0 Å². The first-order valence-corrected chi connectivity index (χ1v) is 5.72. The first-order valence-electron chi connectivity index (χ1n) is 2.34. The zero-order chi connectivity index (χ0) is 10.1. The first kappa shape index (κ1) is 14.7. The molecule has 0 aliphatic rings. The molecular formula is C3H8N4S5. The molecule has 0 rings (SSSR count). The van der Waals surface area contributed by atoms with E-state index in [2.05, 4.69) is 48.1 Å². The molecule has 0 aliphatic carbocycles. The molecule has 0 fully saturated rings. The van der Waals surface area contributed by atoms with Gasteiger partial charge in [0.15, 0.2) is 5.11 Å². The standard InChI is InChI=1S/C2H4N2S4.CH4N2S/c3-1(5)7-8-2(4)6;2-1(3)4/h(H2,3,5)(H2,4,6);(H4,2,3,4). The van der Waals surface area contributed by atoms with Crippen molar-refractivity contribution in [1.82, 2.24) is 0 Å². The molecule has 0 saturated carbocycles. The summed E-state index contributed by atoms with van der Waals surface area (Å²) in [6.45, 7) is 0. The number of rotatable bonds is 0. The van der Waals surface area contributed by atoms with Crippen LogP contribution in [0.1, 0.15) is 0 Å². The maximum absolute atomic E-state index is 5.10. The Bertz CT molecular complexity index is 162. The van der Waals surface area contributed by atoms with Crippen molar-refractivity contribution < 1.29 is 0 Å². The maximum atomic E-state index is 5.10. The third kappa shape index (κ3) is 32.0. The Morgan fingerprint density at radius 2 is 0.917 bits per heavy atom. The van der Waals surface area contributed by atoms with Gasteiger partial charge in [-0.2, -0.15) is 0 Å². The highest BCUT2D eigenvalue weighted by atomic mass is 33.1. The van der Waals surface area contributed by atoms with Crippen LogP contribution >= 0.6 is 58.2 Å². The van der Waals surface area contributed by atoms with Crippen LogP contribution in [0.3, 0.4) is 0 Å². The van der Waals surface area contributed by atoms with E-state index in [4.69, 9.17) is 11.5 Å². The Morgan fingerprint density at radius 3 is 1.00 bits per heavy atom. The van der Waals surface area contributed by atoms with E-state index in [1.165, 1.54) is 21.6 Å². The van der Waals surface area contributed by atoms with Gasteiger partial charge in [-0.1, -0.05) is 24.4 Å². The number of nitrogens with two attached hydrogens (primary N) is 4. The molecule has 0 spiro atoms. The summed E-state index contributed by atoms with van der Waals surface area (Å²) in [6, 6.07) is 0. The molecule has 0 aromatic carbocycles. The predicted octanol–water partition coefficient (Wildman–Crippen LogP) is 0.0437. The lowest BCUT2D eigenvalue weighted by molar-refractivity contribution is 1.65. The fraction of sp³-hybridized carbons (Fsp3) is 0. The molecule has 0 radical (unpaired) electrons. The lowest BCUT2D eigenvalue weighted by Crippen LogP contribution is -2.18. The lowest BCUT2D eigenvalue weighted by atomic mass is 11.3. The van der Waals surface area contributed by atoms with E-state index in [9.17, 15) is 0 Å². The first-order chi connectivity index (χ1) is 5.36. The van der Waals surface area contributed by atoms with Crippen molar-refractivity contribution in [3.05, 3.63) is 0 Å². The van der Waals surface area contributed by atoms with Crippen molar-refractivity contribution in [3.8, 4) is 0 Å². The smallest absolute Gasteiger partial charge is 0.160 e. The molecule has 12 heavy (non-hydrogen) atoms. The summed E-state index contributed by atoms with van der Waals surface area (Å²) in [4.78, 5) is 0. The van der Waals surface area contributed by atoms with Gasteiger partial charge in [0, 0.05) is 0 Å². The van der Waals surface area contributed by atoms with Crippen LogP contribution in [0.25, 0.3) is 0 Å². The fourth-order valence-electron chi connectivity index (χ4n) is 0.0821. The van der Waals surface area contributed by atoms with Crippen molar-refractivity contribution in [2.75, 3.05) is 0 Å². The Balaban J connectivity index is 0. The molecule has 0 heterocycles. The number of hydrogen-bond donors (Lipinski definition) is 4. The second-order valence-electron chi connectivity index (χ2n) is 1.21. The molecule has 0 amide bonds. The van der Waals surface area contributed by atoms with E-state index in [-0.39, 0.29) is 5.11 Å². The van der Waals surface area contributed by atoms with Crippen molar-refractivity contribution in [3.63, 3.8) is 0 Å². The minimum Gasteiger partial charge on any atom is -0.384 e. The quantitative estimate of drug-likeness (QED) is 0.355. The average Bonchev–Trinajstić information content (AvgIpc) is 1.82. The van der Waals surface area contributed by atoms with Crippen molar-refractivity contribution >= 4 is 72.0 Å². The summed E-state index contributed by atoms with van der Waals surface area (Å²) in [5.41, 5.74) is 19.4. The van der Waals surface area contributed by atoms with Crippen LogP contribution in [0.2, 0.25) is 0 Å². The second kappa shape index (κ2) is 9.26. The normalized spacial score (nSPS) is 7.67. The van der Waals surface area contributed by atoms with Gasteiger partial charge in [0.1, 0.15) is 8.64 Å². The van der Waals surface area contributed by atoms with E-state index in [0.29, 0.717) is 8.64 Å². The molecule has 0 aromatic heterocycles. The van der Waals surface area contributed by atoms with Crippen LogP contribution in [0, 0.1) is 0 Å². The van der Waals surface area contributed by atoms with Gasteiger partial charge in [-0.25, -0.2) is 0 Å². The summed E-state index contributed by atoms with van der Waals surface area (Å²) in [7, 11) is 2.40. The molecule has 0 unspecified atom stereocenters. The molecule has 0 bridgehead atoms. The van der Waals surface area contributed by atoms with Crippen molar-refractivity contribution in [2.24, 2.45) is 22.9 Å². The molecular weight excluding hydrogens is 252 g/mol. The molecule has 9 heteroatoms. The third-order valence-electron chi connectivity index (χ3n) is 0.206. The van der Waals surface area contributed by atoms with E-state index >= 15 is 0 Å². The summed E-state index contributed by atoms with van der Waals surface area (Å²) >= 11 is 13.1. The molecule has 0 atom stereocenters. The highest BCUT2D eigenvalue weighted by Gasteiger charge is 1.91. The van der Waals surface area contributed by atoms with E-state index in [0.717, 1.165) is 0 Å². The zero-order valence-corrected chi connectivity index (χ0v) is 9.93. The molecule has 70 valence electrons. The minimum absolute atomic E-state index is 0.000000000000000222. The Labute approximate surface area is 94.6 Å². The van der Waals surface area contributed by atoms with Crippen LogP contribution in [-0.2, 0) is 0 Å².